The van der Waals surface area contributed by atoms with Crippen LogP contribution in [0.4, 0.5) is 0 Å². The molecule has 104 valence electrons. The number of benzene rings is 1. The Balaban J connectivity index is 1.99. The van der Waals surface area contributed by atoms with E-state index in [1.165, 1.54) is 0 Å². The third kappa shape index (κ3) is 3.70. The average Bonchev–Trinajstić information content (AvgIpc) is 2.38. The van der Waals surface area contributed by atoms with Gasteiger partial charge >= 0.3 is 0 Å². The monoisotopic (exact) mass is 326 g/mol. The molecule has 1 heterocycles. The number of nitrogens with zero attached hydrogens (tertiary/aromatic N) is 1. The van der Waals surface area contributed by atoms with Gasteiger partial charge in [-0.3, -0.25) is 4.79 Å². The summed E-state index contributed by atoms with van der Waals surface area (Å²) in [7, 11) is 0. The lowest BCUT2D eigenvalue weighted by Gasteiger charge is -2.35. The third-order valence-electron chi connectivity index (χ3n) is 3.24. The van der Waals surface area contributed by atoms with Crippen molar-refractivity contribution in [1.82, 2.24) is 10.2 Å². The van der Waals surface area contributed by atoms with E-state index in [-0.39, 0.29) is 11.9 Å². The largest absolute Gasteiger partial charge is 0.481 e. The second-order valence-electron chi connectivity index (χ2n) is 4.80. The SMILES string of the molecule is CC(Oc1cccc(Br)c1)C(=O)N1CCNC[C@H]1C. The minimum absolute atomic E-state index is 0.0500. The Hall–Kier alpha value is -1.07. The minimum Gasteiger partial charge on any atom is -0.481 e. The fourth-order valence-corrected chi connectivity index (χ4v) is 2.58. The van der Waals surface area contributed by atoms with Crippen LogP contribution in [0.15, 0.2) is 28.7 Å². The second-order valence-corrected chi connectivity index (χ2v) is 5.72. The van der Waals surface area contributed by atoms with E-state index in [0.29, 0.717) is 5.75 Å². The third-order valence-corrected chi connectivity index (χ3v) is 3.73. The van der Waals surface area contributed by atoms with Crippen LogP contribution in [0.1, 0.15) is 13.8 Å². The molecule has 0 aliphatic carbocycles. The maximum absolute atomic E-state index is 12.4. The molecule has 0 saturated carbocycles. The Morgan fingerprint density at radius 2 is 2.37 bits per heavy atom. The van der Waals surface area contributed by atoms with Gasteiger partial charge in [-0.15, -0.1) is 0 Å². The summed E-state index contributed by atoms with van der Waals surface area (Å²) in [6, 6.07) is 7.76. The fourth-order valence-electron chi connectivity index (χ4n) is 2.20. The maximum atomic E-state index is 12.4. The predicted molar refractivity (Wildman–Crippen MR) is 78.3 cm³/mol. The number of rotatable bonds is 3. The van der Waals surface area contributed by atoms with Gasteiger partial charge in [0.25, 0.3) is 5.91 Å². The van der Waals surface area contributed by atoms with Crippen LogP contribution in [0.5, 0.6) is 5.75 Å². The highest BCUT2D eigenvalue weighted by Gasteiger charge is 2.27. The molecule has 0 bridgehead atoms. The average molecular weight is 327 g/mol. The molecular weight excluding hydrogens is 308 g/mol. The van der Waals surface area contributed by atoms with E-state index in [0.717, 1.165) is 24.1 Å². The van der Waals surface area contributed by atoms with E-state index in [1.54, 1.807) is 6.92 Å². The summed E-state index contributed by atoms with van der Waals surface area (Å²) in [5.41, 5.74) is 0. The molecule has 19 heavy (non-hydrogen) atoms. The Bertz CT molecular complexity index is 453. The zero-order valence-electron chi connectivity index (χ0n) is 11.2. The number of piperazine rings is 1. The van der Waals surface area contributed by atoms with E-state index < -0.39 is 6.10 Å². The molecule has 1 N–H and O–H groups in total. The van der Waals surface area contributed by atoms with Crippen LogP contribution in [0.2, 0.25) is 0 Å². The summed E-state index contributed by atoms with van der Waals surface area (Å²) in [6.45, 7) is 6.29. The van der Waals surface area contributed by atoms with Crippen LogP contribution < -0.4 is 10.1 Å². The molecule has 1 aliphatic heterocycles. The van der Waals surface area contributed by atoms with Gasteiger partial charge in [-0.05, 0) is 32.0 Å². The molecule has 2 rings (SSSR count). The first-order valence-electron chi connectivity index (χ1n) is 6.51. The topological polar surface area (TPSA) is 41.6 Å². The lowest BCUT2D eigenvalue weighted by Crippen LogP contribution is -2.55. The van der Waals surface area contributed by atoms with E-state index in [2.05, 4.69) is 28.2 Å². The summed E-state index contributed by atoms with van der Waals surface area (Å²) in [4.78, 5) is 14.2. The van der Waals surface area contributed by atoms with Crippen LogP contribution >= 0.6 is 15.9 Å². The van der Waals surface area contributed by atoms with Crippen molar-refractivity contribution < 1.29 is 9.53 Å². The van der Waals surface area contributed by atoms with E-state index in [4.69, 9.17) is 4.74 Å². The molecule has 5 heteroatoms. The number of hydrogen-bond donors (Lipinski definition) is 1. The van der Waals surface area contributed by atoms with E-state index in [1.807, 2.05) is 29.2 Å². The molecule has 1 aromatic rings. The van der Waals surface area contributed by atoms with Crippen molar-refractivity contribution in [1.29, 1.82) is 0 Å². The van der Waals surface area contributed by atoms with Crippen molar-refractivity contribution in [2.24, 2.45) is 0 Å². The molecular formula is C14H19BrN2O2. The highest BCUT2D eigenvalue weighted by Crippen LogP contribution is 2.19. The lowest BCUT2D eigenvalue weighted by molar-refractivity contribution is -0.140. The number of halogens is 1. The Labute approximate surface area is 122 Å². The Morgan fingerprint density at radius 3 is 3.05 bits per heavy atom. The summed E-state index contributed by atoms with van der Waals surface area (Å²) >= 11 is 3.39. The van der Waals surface area contributed by atoms with E-state index in [9.17, 15) is 4.79 Å². The molecule has 2 atom stereocenters. The number of ether oxygens (including phenoxy) is 1. The van der Waals surface area contributed by atoms with Crippen molar-refractivity contribution >= 4 is 21.8 Å². The van der Waals surface area contributed by atoms with Crippen LogP contribution in [-0.2, 0) is 4.79 Å². The van der Waals surface area contributed by atoms with Crippen molar-refractivity contribution in [2.75, 3.05) is 19.6 Å². The first kappa shape index (κ1) is 14.3. The Kier molecular flexibility index (Phi) is 4.82. The van der Waals surface area contributed by atoms with Crippen LogP contribution in [0, 0.1) is 0 Å². The molecule has 0 aromatic heterocycles. The summed E-state index contributed by atoms with van der Waals surface area (Å²) in [6.07, 6.45) is -0.463. The van der Waals surface area contributed by atoms with Gasteiger partial charge in [-0.1, -0.05) is 22.0 Å². The predicted octanol–water partition coefficient (Wildman–Crippen LogP) is 2.04. The van der Waals surface area contributed by atoms with Gasteiger partial charge in [0, 0.05) is 30.1 Å². The molecule has 4 nitrogen and oxygen atoms in total. The van der Waals surface area contributed by atoms with Gasteiger partial charge < -0.3 is 15.0 Å². The number of nitrogens with one attached hydrogen (secondary N) is 1. The van der Waals surface area contributed by atoms with Gasteiger partial charge in [0.05, 0.1) is 0 Å². The summed E-state index contributed by atoms with van der Waals surface area (Å²) < 4.78 is 6.66. The molecule has 1 unspecified atom stereocenters. The molecule has 0 spiro atoms. The van der Waals surface area contributed by atoms with Crippen LogP contribution in [0.25, 0.3) is 0 Å². The van der Waals surface area contributed by atoms with Crippen LogP contribution in [-0.4, -0.2) is 42.6 Å². The summed E-state index contributed by atoms with van der Waals surface area (Å²) in [5.74, 6) is 0.756. The van der Waals surface area contributed by atoms with E-state index >= 15 is 0 Å². The number of carbonyl (C=O) groups is 1. The standard InChI is InChI=1S/C14H19BrN2O2/c1-10-9-16-6-7-17(10)14(18)11(2)19-13-5-3-4-12(15)8-13/h3-5,8,10-11,16H,6-7,9H2,1-2H3/t10-,11?/m1/s1. The normalized spacial score (nSPS) is 21.0. The quantitative estimate of drug-likeness (QED) is 0.924. The van der Waals surface area contributed by atoms with Gasteiger partial charge in [0.2, 0.25) is 0 Å². The molecule has 1 amide bonds. The highest BCUT2D eigenvalue weighted by atomic mass is 79.9. The summed E-state index contributed by atoms with van der Waals surface area (Å²) in [5, 5.41) is 3.27. The molecule has 1 aromatic carbocycles. The number of amides is 1. The smallest absolute Gasteiger partial charge is 0.263 e. The zero-order chi connectivity index (χ0) is 13.8. The van der Waals surface area contributed by atoms with Gasteiger partial charge in [0.15, 0.2) is 6.10 Å². The maximum Gasteiger partial charge on any atom is 0.263 e. The van der Waals surface area contributed by atoms with Crippen molar-refractivity contribution in [3.8, 4) is 5.75 Å². The number of hydrogen-bond acceptors (Lipinski definition) is 3. The number of carbonyl (C=O) groups excluding carboxylic acids is 1. The van der Waals surface area contributed by atoms with Crippen molar-refractivity contribution in [3.63, 3.8) is 0 Å². The first-order chi connectivity index (χ1) is 9.08. The minimum atomic E-state index is -0.463. The fraction of sp³-hybridized carbons (Fsp3) is 0.500. The lowest BCUT2D eigenvalue weighted by atomic mass is 10.2. The molecule has 1 saturated heterocycles. The second kappa shape index (κ2) is 6.39. The van der Waals surface area contributed by atoms with Crippen molar-refractivity contribution in [2.45, 2.75) is 26.0 Å². The zero-order valence-corrected chi connectivity index (χ0v) is 12.8. The molecule has 1 aliphatic rings. The Morgan fingerprint density at radius 1 is 1.58 bits per heavy atom. The van der Waals surface area contributed by atoms with Gasteiger partial charge in [0.1, 0.15) is 5.75 Å². The van der Waals surface area contributed by atoms with Crippen molar-refractivity contribution in [3.05, 3.63) is 28.7 Å². The van der Waals surface area contributed by atoms with Gasteiger partial charge in [-0.2, -0.15) is 0 Å². The highest BCUT2D eigenvalue weighted by molar-refractivity contribution is 9.10. The van der Waals surface area contributed by atoms with Gasteiger partial charge in [-0.25, -0.2) is 0 Å². The van der Waals surface area contributed by atoms with Crippen LogP contribution in [0.3, 0.4) is 0 Å². The molecule has 1 fully saturated rings. The first-order valence-corrected chi connectivity index (χ1v) is 7.30. The molecule has 0 radical (unpaired) electrons.